The lowest BCUT2D eigenvalue weighted by Crippen LogP contribution is -1.98. The number of halogens is 2. The fourth-order valence-electron chi connectivity index (χ4n) is 1.42. The minimum absolute atomic E-state index is 0.272. The maximum absolute atomic E-state index is 13.0. The molecule has 15 heavy (non-hydrogen) atoms. The van der Waals surface area contributed by atoms with Crippen LogP contribution in [0.5, 0.6) is 0 Å². The minimum Gasteiger partial charge on any atom is -0.300 e. The number of alkyl halides is 1. The molecule has 1 aromatic rings. The fourth-order valence-corrected chi connectivity index (χ4v) is 1.69. The molecule has 0 amide bonds. The van der Waals surface area contributed by atoms with E-state index in [9.17, 15) is 9.18 Å². The largest absolute Gasteiger partial charge is 0.300 e. The Morgan fingerprint density at radius 1 is 1.47 bits per heavy atom. The summed E-state index contributed by atoms with van der Waals surface area (Å²) in [4.78, 5) is 10.3. The van der Waals surface area contributed by atoms with Crippen molar-refractivity contribution < 1.29 is 9.18 Å². The van der Waals surface area contributed by atoms with E-state index in [0.717, 1.165) is 12.0 Å². The average molecular weight is 229 g/mol. The lowest BCUT2D eigenvalue weighted by atomic mass is 10.0. The second-order valence-electron chi connectivity index (χ2n) is 3.99. The van der Waals surface area contributed by atoms with Gasteiger partial charge in [0, 0.05) is 5.02 Å². The highest BCUT2D eigenvalue weighted by Gasteiger charge is 2.10. The van der Waals surface area contributed by atoms with Crippen molar-refractivity contribution in [1.82, 2.24) is 0 Å². The van der Waals surface area contributed by atoms with Crippen LogP contribution in [0.25, 0.3) is 0 Å². The number of hydrogen-bond donors (Lipinski definition) is 0. The zero-order chi connectivity index (χ0) is 11.4. The number of benzene rings is 1. The van der Waals surface area contributed by atoms with Crippen molar-refractivity contribution in [1.29, 1.82) is 0 Å². The molecule has 0 fully saturated rings. The van der Waals surface area contributed by atoms with E-state index in [1.807, 2.05) is 0 Å². The molecule has 1 atom stereocenters. The highest BCUT2D eigenvalue weighted by atomic mass is 35.5. The Hall–Kier alpha value is -0.890. The van der Waals surface area contributed by atoms with Gasteiger partial charge in [-0.15, -0.1) is 0 Å². The summed E-state index contributed by atoms with van der Waals surface area (Å²) in [6.07, 6.45) is -0.444. The third kappa shape index (κ3) is 3.31. The van der Waals surface area contributed by atoms with E-state index in [-0.39, 0.29) is 6.29 Å². The molecule has 1 nitrogen and oxygen atoms in total. The number of carbonyl (C=O) groups excluding carboxylic acids is 1. The molecule has 3 heteroatoms. The molecule has 0 saturated heterocycles. The van der Waals surface area contributed by atoms with E-state index in [4.69, 9.17) is 11.6 Å². The molecule has 0 aromatic heterocycles. The molecule has 0 N–H and O–H groups in total. The molecule has 0 bridgehead atoms. The van der Waals surface area contributed by atoms with Crippen LogP contribution in [0, 0.1) is 5.92 Å². The van der Waals surface area contributed by atoms with Crippen LogP contribution in [0.4, 0.5) is 4.39 Å². The quantitative estimate of drug-likeness (QED) is 0.718. The second-order valence-corrected chi connectivity index (χ2v) is 4.39. The van der Waals surface area contributed by atoms with Crippen molar-refractivity contribution in [3.8, 4) is 0 Å². The first-order valence-corrected chi connectivity index (χ1v) is 5.30. The smallest absolute Gasteiger partial charge is 0.180 e. The van der Waals surface area contributed by atoms with Gasteiger partial charge in [0.2, 0.25) is 0 Å². The Labute approximate surface area is 94.3 Å². The zero-order valence-corrected chi connectivity index (χ0v) is 9.59. The molecule has 0 aliphatic carbocycles. The molecule has 1 unspecified atom stereocenters. The van der Waals surface area contributed by atoms with Gasteiger partial charge in [0.15, 0.2) is 12.5 Å². The normalized spacial score (nSPS) is 12.9. The standard InChI is InChI=1S/C12H14ClFO/c1-8(2)5-9-3-4-10(6-11(9)13)12(14)7-15/h3-4,6-8,12H,5H2,1-2H3. The van der Waals surface area contributed by atoms with Crippen LogP contribution >= 0.6 is 11.6 Å². The van der Waals surface area contributed by atoms with Gasteiger partial charge in [0.1, 0.15) is 0 Å². The predicted molar refractivity (Wildman–Crippen MR) is 59.9 cm³/mol. The van der Waals surface area contributed by atoms with Crippen molar-refractivity contribution in [3.63, 3.8) is 0 Å². The summed E-state index contributed by atoms with van der Waals surface area (Å²) in [6.45, 7) is 4.18. The van der Waals surface area contributed by atoms with Crippen molar-refractivity contribution >= 4 is 17.9 Å². The van der Waals surface area contributed by atoms with Crippen molar-refractivity contribution in [2.75, 3.05) is 0 Å². The van der Waals surface area contributed by atoms with Crippen LogP contribution in [0.1, 0.15) is 31.1 Å². The molecule has 1 aromatic carbocycles. The van der Waals surface area contributed by atoms with Crippen LogP contribution in [0.3, 0.4) is 0 Å². The fraction of sp³-hybridized carbons (Fsp3) is 0.417. The Morgan fingerprint density at radius 2 is 2.13 bits per heavy atom. The highest BCUT2D eigenvalue weighted by Crippen LogP contribution is 2.24. The molecule has 0 aliphatic heterocycles. The predicted octanol–water partition coefficient (Wildman–Crippen LogP) is 3.75. The van der Waals surface area contributed by atoms with Crippen molar-refractivity contribution in [2.45, 2.75) is 26.4 Å². The van der Waals surface area contributed by atoms with Gasteiger partial charge in [-0.1, -0.05) is 37.6 Å². The topological polar surface area (TPSA) is 17.1 Å². The molecule has 0 radical (unpaired) electrons. The molecule has 82 valence electrons. The molecule has 0 spiro atoms. The molecular weight excluding hydrogens is 215 g/mol. The Balaban J connectivity index is 2.92. The van der Waals surface area contributed by atoms with E-state index in [1.165, 1.54) is 6.07 Å². The Morgan fingerprint density at radius 3 is 2.60 bits per heavy atom. The molecular formula is C12H14ClFO. The van der Waals surface area contributed by atoms with E-state index < -0.39 is 6.17 Å². The van der Waals surface area contributed by atoms with Gasteiger partial charge in [-0.2, -0.15) is 0 Å². The highest BCUT2D eigenvalue weighted by molar-refractivity contribution is 6.31. The van der Waals surface area contributed by atoms with Gasteiger partial charge >= 0.3 is 0 Å². The summed E-state index contributed by atoms with van der Waals surface area (Å²) >= 11 is 5.99. The molecule has 0 saturated carbocycles. The van der Waals surface area contributed by atoms with Crippen molar-refractivity contribution in [2.24, 2.45) is 5.92 Å². The van der Waals surface area contributed by atoms with Crippen LogP contribution in [0.2, 0.25) is 5.02 Å². The van der Waals surface area contributed by atoms with Gasteiger partial charge in [0.05, 0.1) is 0 Å². The SMILES string of the molecule is CC(C)Cc1ccc(C(F)C=O)cc1Cl. The number of rotatable bonds is 4. The molecule has 1 rings (SSSR count). The van der Waals surface area contributed by atoms with Gasteiger partial charge in [-0.25, -0.2) is 4.39 Å². The maximum atomic E-state index is 13.0. The van der Waals surface area contributed by atoms with Crippen LogP contribution in [0.15, 0.2) is 18.2 Å². The lowest BCUT2D eigenvalue weighted by Gasteiger charge is -2.09. The van der Waals surface area contributed by atoms with Crippen LogP contribution in [-0.4, -0.2) is 6.29 Å². The second kappa shape index (κ2) is 5.26. The number of carbonyl (C=O) groups is 1. The van der Waals surface area contributed by atoms with Crippen LogP contribution < -0.4 is 0 Å². The molecule has 0 aliphatic rings. The molecule has 0 heterocycles. The average Bonchev–Trinajstić information content (AvgIpc) is 2.19. The summed E-state index contributed by atoms with van der Waals surface area (Å²) in [7, 11) is 0. The Bertz CT molecular complexity index is 349. The Kier molecular flexibility index (Phi) is 4.28. The number of hydrogen-bond acceptors (Lipinski definition) is 1. The van der Waals surface area contributed by atoms with Gasteiger partial charge in [-0.3, -0.25) is 4.79 Å². The first kappa shape index (κ1) is 12.2. The van der Waals surface area contributed by atoms with E-state index in [2.05, 4.69) is 13.8 Å². The first-order chi connectivity index (χ1) is 7.04. The zero-order valence-electron chi connectivity index (χ0n) is 8.84. The van der Waals surface area contributed by atoms with E-state index >= 15 is 0 Å². The summed E-state index contributed by atoms with van der Waals surface area (Å²) in [6, 6.07) is 4.93. The van der Waals surface area contributed by atoms with Gasteiger partial charge in [0.25, 0.3) is 0 Å². The summed E-state index contributed by atoms with van der Waals surface area (Å²) < 4.78 is 13.0. The van der Waals surface area contributed by atoms with E-state index in [1.54, 1.807) is 12.1 Å². The lowest BCUT2D eigenvalue weighted by molar-refractivity contribution is -0.112. The summed E-state index contributed by atoms with van der Waals surface area (Å²) in [5, 5.41) is 0.533. The van der Waals surface area contributed by atoms with Crippen molar-refractivity contribution in [3.05, 3.63) is 34.3 Å². The number of aldehydes is 1. The van der Waals surface area contributed by atoms with Crippen LogP contribution in [-0.2, 0) is 11.2 Å². The summed E-state index contributed by atoms with van der Waals surface area (Å²) in [5.41, 5.74) is 1.32. The minimum atomic E-state index is -1.57. The monoisotopic (exact) mass is 228 g/mol. The third-order valence-electron chi connectivity index (χ3n) is 2.14. The van der Waals surface area contributed by atoms with E-state index in [0.29, 0.717) is 16.5 Å². The maximum Gasteiger partial charge on any atom is 0.180 e. The van der Waals surface area contributed by atoms with Gasteiger partial charge < -0.3 is 0 Å². The van der Waals surface area contributed by atoms with Gasteiger partial charge in [-0.05, 0) is 29.5 Å². The third-order valence-corrected chi connectivity index (χ3v) is 2.50. The first-order valence-electron chi connectivity index (χ1n) is 4.92. The summed E-state index contributed by atoms with van der Waals surface area (Å²) in [5.74, 6) is 0.501.